The third kappa shape index (κ3) is 1.72. The van der Waals surface area contributed by atoms with Crippen molar-refractivity contribution >= 4 is 29.0 Å². The molecule has 0 unspecified atom stereocenters. The number of benzene rings is 1. The van der Waals surface area contributed by atoms with E-state index in [2.05, 4.69) is 10.6 Å². The van der Waals surface area contributed by atoms with Gasteiger partial charge in [-0.15, -0.1) is 0 Å². The van der Waals surface area contributed by atoms with Crippen molar-refractivity contribution in [3.8, 4) is 0 Å². The zero-order valence-electron chi connectivity index (χ0n) is 7.02. The lowest BCUT2D eigenvalue weighted by Crippen LogP contribution is -2.08. The third-order valence-electron chi connectivity index (χ3n) is 1.85. The van der Waals surface area contributed by atoms with Gasteiger partial charge >= 0.3 is 12.2 Å². The van der Waals surface area contributed by atoms with Gasteiger partial charge in [0.2, 0.25) is 0 Å². The summed E-state index contributed by atoms with van der Waals surface area (Å²) < 4.78 is 37.2. The van der Waals surface area contributed by atoms with Crippen LogP contribution in [-0.2, 0) is 6.18 Å². The van der Waals surface area contributed by atoms with Crippen molar-refractivity contribution in [3.63, 3.8) is 0 Å². The van der Waals surface area contributed by atoms with Gasteiger partial charge in [0, 0.05) is 0 Å². The Labute approximate surface area is 87.2 Å². The van der Waals surface area contributed by atoms with Crippen LogP contribution in [0.1, 0.15) is 5.56 Å². The van der Waals surface area contributed by atoms with Crippen molar-refractivity contribution in [1.82, 2.24) is 5.32 Å². The van der Waals surface area contributed by atoms with Crippen LogP contribution in [0.25, 0.3) is 0 Å². The fraction of sp³-hybridized carbons (Fsp3) is 0.125. The summed E-state index contributed by atoms with van der Waals surface area (Å²) in [7, 11) is 0. The molecule has 1 aliphatic heterocycles. The highest BCUT2D eigenvalue weighted by Gasteiger charge is 2.35. The zero-order valence-corrected chi connectivity index (χ0v) is 7.78. The Balaban J connectivity index is 2.54. The molecular weight excluding hydrogens is 233 g/mol. The Hall–Kier alpha value is -1.43. The van der Waals surface area contributed by atoms with Gasteiger partial charge in [-0.3, -0.25) is 0 Å². The molecule has 0 spiro atoms. The van der Waals surface area contributed by atoms with Gasteiger partial charge < -0.3 is 5.32 Å². The Bertz CT molecular complexity index is 444. The second-order valence-corrected chi connectivity index (χ2v) is 3.30. The molecule has 0 atom stereocenters. The number of hydrogen-bond acceptors (Lipinski definition) is 1. The summed E-state index contributed by atoms with van der Waals surface area (Å²) in [4.78, 5) is 10.8. The first-order valence-electron chi connectivity index (χ1n) is 3.81. The molecule has 7 heteroatoms. The van der Waals surface area contributed by atoms with Crippen LogP contribution in [0.15, 0.2) is 12.1 Å². The smallest absolute Gasteiger partial charge is 0.304 e. The van der Waals surface area contributed by atoms with E-state index in [0.29, 0.717) is 0 Å². The molecule has 2 rings (SSSR count). The van der Waals surface area contributed by atoms with E-state index in [1.54, 1.807) is 0 Å². The lowest BCUT2D eigenvalue weighted by atomic mass is 10.1. The predicted molar refractivity (Wildman–Crippen MR) is 47.3 cm³/mol. The van der Waals surface area contributed by atoms with Crippen LogP contribution in [-0.4, -0.2) is 6.03 Å². The van der Waals surface area contributed by atoms with Crippen LogP contribution in [0, 0.1) is 0 Å². The molecule has 3 nitrogen and oxygen atoms in total. The zero-order chi connectivity index (χ0) is 11.2. The van der Waals surface area contributed by atoms with E-state index in [-0.39, 0.29) is 11.4 Å². The predicted octanol–water partition coefficient (Wildman–Crippen LogP) is 3.14. The molecule has 0 saturated heterocycles. The lowest BCUT2D eigenvalue weighted by molar-refractivity contribution is -0.137. The summed E-state index contributed by atoms with van der Waals surface area (Å²) in [5, 5.41) is 5.14. The van der Waals surface area contributed by atoms with Crippen molar-refractivity contribution in [2.75, 3.05) is 5.32 Å². The summed E-state index contributed by atoms with van der Waals surface area (Å²) in [5.74, 6) is 0. The molecule has 0 aromatic heterocycles. The van der Waals surface area contributed by atoms with E-state index in [1.165, 1.54) is 0 Å². The van der Waals surface area contributed by atoms with Gasteiger partial charge in [0.25, 0.3) is 0 Å². The fourth-order valence-corrected chi connectivity index (χ4v) is 1.49. The number of nitrogens with zero attached hydrogens (tertiary/aromatic N) is 1. The van der Waals surface area contributed by atoms with E-state index in [9.17, 15) is 18.0 Å². The quantitative estimate of drug-likeness (QED) is 0.738. The molecule has 1 aromatic rings. The fourth-order valence-electron chi connectivity index (χ4n) is 1.23. The molecule has 79 valence electrons. The molecule has 1 radical (unpaired) electrons. The number of hydrogen-bond donors (Lipinski definition) is 1. The highest BCUT2D eigenvalue weighted by atomic mass is 35.5. The number of amides is 2. The molecule has 1 aliphatic rings. The Morgan fingerprint density at radius 1 is 1.33 bits per heavy atom. The molecule has 1 aromatic carbocycles. The largest absolute Gasteiger partial charge is 0.417 e. The van der Waals surface area contributed by atoms with Gasteiger partial charge in [-0.05, 0) is 12.1 Å². The summed E-state index contributed by atoms with van der Waals surface area (Å²) in [5.41, 5.74) is -0.838. The first-order chi connectivity index (χ1) is 6.88. The number of anilines is 1. The maximum Gasteiger partial charge on any atom is 0.417 e. The molecule has 2 amide bonds. The van der Waals surface area contributed by atoms with Crippen LogP contribution in [0.2, 0.25) is 5.02 Å². The summed E-state index contributed by atoms with van der Waals surface area (Å²) in [6.45, 7) is 0. The first-order valence-corrected chi connectivity index (χ1v) is 4.19. The summed E-state index contributed by atoms with van der Waals surface area (Å²) in [6, 6.07) is 1.09. The SMILES string of the molecule is O=C1[N]c2cc(Cl)c(C(F)(F)F)cc2N1. The number of rotatable bonds is 0. The van der Waals surface area contributed by atoms with Gasteiger partial charge in [0.1, 0.15) is 0 Å². The number of halogens is 4. The Morgan fingerprint density at radius 3 is 2.60 bits per heavy atom. The molecule has 0 saturated carbocycles. The van der Waals surface area contributed by atoms with Crippen molar-refractivity contribution in [2.45, 2.75) is 6.18 Å². The van der Waals surface area contributed by atoms with Crippen LogP contribution >= 0.6 is 11.6 Å². The number of carbonyl (C=O) groups excluding carboxylic acids is 1. The van der Waals surface area contributed by atoms with Crippen LogP contribution < -0.4 is 10.6 Å². The number of alkyl halides is 3. The minimum atomic E-state index is -4.54. The van der Waals surface area contributed by atoms with Gasteiger partial charge in [-0.1, -0.05) is 11.6 Å². The monoisotopic (exact) mass is 235 g/mol. The number of nitrogens with one attached hydrogen (secondary N) is 1. The van der Waals surface area contributed by atoms with Crippen LogP contribution in [0.3, 0.4) is 0 Å². The van der Waals surface area contributed by atoms with Gasteiger partial charge in [-0.2, -0.15) is 18.5 Å². The van der Waals surface area contributed by atoms with E-state index in [4.69, 9.17) is 11.6 Å². The average molecular weight is 236 g/mol. The second-order valence-electron chi connectivity index (χ2n) is 2.89. The van der Waals surface area contributed by atoms with Crippen molar-refractivity contribution < 1.29 is 18.0 Å². The summed E-state index contributed by atoms with van der Waals surface area (Å²) in [6.07, 6.45) is -4.54. The lowest BCUT2D eigenvalue weighted by Gasteiger charge is -2.09. The maximum atomic E-state index is 12.4. The Morgan fingerprint density at radius 2 is 2.00 bits per heavy atom. The summed E-state index contributed by atoms with van der Waals surface area (Å²) >= 11 is 5.42. The highest BCUT2D eigenvalue weighted by molar-refractivity contribution is 6.32. The third-order valence-corrected chi connectivity index (χ3v) is 2.17. The highest BCUT2D eigenvalue weighted by Crippen LogP contribution is 2.40. The van der Waals surface area contributed by atoms with Gasteiger partial charge in [-0.25, -0.2) is 4.79 Å². The minimum absolute atomic E-state index is 0.0247. The topological polar surface area (TPSA) is 43.2 Å². The molecule has 15 heavy (non-hydrogen) atoms. The van der Waals surface area contributed by atoms with Crippen LogP contribution in [0.5, 0.6) is 0 Å². The maximum absolute atomic E-state index is 12.4. The van der Waals surface area contributed by atoms with Gasteiger partial charge in [0.15, 0.2) is 0 Å². The second kappa shape index (κ2) is 3.03. The van der Waals surface area contributed by atoms with Crippen molar-refractivity contribution in [1.29, 1.82) is 0 Å². The van der Waals surface area contributed by atoms with E-state index in [0.717, 1.165) is 12.1 Å². The van der Waals surface area contributed by atoms with Crippen molar-refractivity contribution in [2.24, 2.45) is 0 Å². The molecule has 1 N–H and O–H groups in total. The van der Waals surface area contributed by atoms with Crippen LogP contribution in [0.4, 0.5) is 29.3 Å². The molecule has 0 fully saturated rings. The minimum Gasteiger partial charge on any atom is -0.304 e. The molecule has 0 bridgehead atoms. The van der Waals surface area contributed by atoms with Crippen molar-refractivity contribution in [3.05, 3.63) is 22.7 Å². The first kappa shape index (κ1) is 10.1. The van der Waals surface area contributed by atoms with E-state index < -0.39 is 22.8 Å². The van der Waals surface area contributed by atoms with E-state index in [1.807, 2.05) is 0 Å². The average Bonchev–Trinajstić information content (AvgIpc) is 2.40. The number of fused-ring (bicyclic) bond motifs is 1. The molecule has 0 aliphatic carbocycles. The van der Waals surface area contributed by atoms with E-state index >= 15 is 0 Å². The molecular formula is C8H3ClF3N2O. The Kier molecular flexibility index (Phi) is 2.04. The standard InChI is InChI=1S/C8H3ClF3N2O/c9-4-2-6-5(13-7(15)14-6)1-3(4)8(10,11)12/h1-2H,(H,13,15). The normalized spacial score (nSPS) is 14.5. The number of carbonyl (C=O) groups is 1. The molecule has 1 heterocycles. The number of urea groups is 1. The van der Waals surface area contributed by atoms with Gasteiger partial charge in [0.05, 0.1) is 22.0 Å².